The lowest BCUT2D eigenvalue weighted by Crippen LogP contribution is -2.24. The molecule has 2 heterocycles. The minimum absolute atomic E-state index is 0.132. The van der Waals surface area contributed by atoms with Crippen molar-refractivity contribution < 1.29 is 14.7 Å². The Hall–Kier alpha value is -2.76. The SMILES string of the molecule is O=C([O-])c1[nH]c2cc(Cl)cc(Cl)c2c1/C=C1\CCN(c2ccccc2)C1=O. The predicted molar refractivity (Wildman–Crippen MR) is 104 cm³/mol. The van der Waals surface area contributed by atoms with Crippen LogP contribution < -0.4 is 10.0 Å². The van der Waals surface area contributed by atoms with Gasteiger partial charge in [0.25, 0.3) is 5.91 Å². The van der Waals surface area contributed by atoms with Gasteiger partial charge in [-0.1, -0.05) is 41.4 Å². The molecule has 0 radical (unpaired) electrons. The Morgan fingerprint density at radius 2 is 1.93 bits per heavy atom. The topological polar surface area (TPSA) is 76.2 Å². The molecule has 2 aromatic carbocycles. The molecule has 4 rings (SSSR count). The van der Waals surface area contributed by atoms with Gasteiger partial charge >= 0.3 is 0 Å². The fourth-order valence-corrected chi connectivity index (χ4v) is 3.95. The molecule has 136 valence electrons. The standard InChI is InChI=1S/C20H14Cl2N2O3/c21-12-9-15(22)17-14(18(20(26)27)23-16(17)10-12)8-11-6-7-24(19(11)25)13-4-2-1-3-5-13/h1-5,8-10,23H,6-7H2,(H,26,27)/p-1/b11-8+. The fourth-order valence-electron chi connectivity index (χ4n) is 3.35. The van der Waals surface area contributed by atoms with Crippen LogP contribution in [0.15, 0.2) is 48.0 Å². The molecule has 0 aliphatic carbocycles. The highest BCUT2D eigenvalue weighted by atomic mass is 35.5. The first kappa shape index (κ1) is 17.6. The predicted octanol–water partition coefficient (Wildman–Crippen LogP) is 3.66. The number of para-hydroxylation sites is 1. The number of carbonyl (C=O) groups is 2. The van der Waals surface area contributed by atoms with Crippen LogP contribution in [0.5, 0.6) is 0 Å². The average molecular weight is 400 g/mol. The number of anilines is 1. The van der Waals surface area contributed by atoms with Crippen LogP contribution in [-0.4, -0.2) is 23.4 Å². The Labute approximate surface area is 164 Å². The summed E-state index contributed by atoms with van der Waals surface area (Å²) in [5.74, 6) is -1.54. The van der Waals surface area contributed by atoms with Crippen LogP contribution in [0.3, 0.4) is 0 Å². The van der Waals surface area contributed by atoms with E-state index in [1.165, 1.54) is 6.07 Å². The molecular weight excluding hydrogens is 387 g/mol. The number of carboxylic acid groups (broad SMARTS) is 1. The van der Waals surface area contributed by atoms with E-state index in [0.29, 0.717) is 45.1 Å². The van der Waals surface area contributed by atoms with Crippen molar-refractivity contribution in [2.24, 2.45) is 0 Å². The van der Waals surface area contributed by atoms with Gasteiger partial charge in [-0.2, -0.15) is 0 Å². The van der Waals surface area contributed by atoms with Crippen molar-refractivity contribution in [2.75, 3.05) is 11.4 Å². The zero-order valence-corrected chi connectivity index (χ0v) is 15.5. The maximum absolute atomic E-state index is 12.8. The lowest BCUT2D eigenvalue weighted by Gasteiger charge is -2.14. The van der Waals surface area contributed by atoms with Gasteiger partial charge in [0.05, 0.1) is 16.7 Å². The highest BCUT2D eigenvalue weighted by Crippen LogP contribution is 2.35. The summed E-state index contributed by atoms with van der Waals surface area (Å²) in [6.07, 6.45) is 2.08. The Kier molecular flexibility index (Phi) is 4.42. The van der Waals surface area contributed by atoms with E-state index in [0.717, 1.165) is 5.69 Å². The molecule has 1 N–H and O–H groups in total. The highest BCUT2D eigenvalue weighted by Gasteiger charge is 2.28. The van der Waals surface area contributed by atoms with Crippen LogP contribution in [0.1, 0.15) is 22.5 Å². The minimum atomic E-state index is -1.38. The quantitative estimate of drug-likeness (QED) is 0.682. The molecule has 1 aliphatic rings. The number of H-pyrrole nitrogens is 1. The number of fused-ring (bicyclic) bond motifs is 1. The average Bonchev–Trinajstić information content (AvgIpc) is 3.17. The number of amides is 1. The van der Waals surface area contributed by atoms with Gasteiger partial charge in [-0.15, -0.1) is 0 Å². The first-order chi connectivity index (χ1) is 13.0. The van der Waals surface area contributed by atoms with Gasteiger partial charge < -0.3 is 19.8 Å². The maximum Gasteiger partial charge on any atom is 0.254 e. The van der Waals surface area contributed by atoms with E-state index < -0.39 is 5.97 Å². The molecule has 7 heteroatoms. The van der Waals surface area contributed by atoms with E-state index in [2.05, 4.69) is 4.98 Å². The summed E-state index contributed by atoms with van der Waals surface area (Å²) in [4.78, 5) is 28.8. The van der Waals surface area contributed by atoms with Crippen molar-refractivity contribution >= 4 is 57.7 Å². The van der Waals surface area contributed by atoms with Gasteiger partial charge in [0, 0.05) is 39.3 Å². The first-order valence-electron chi connectivity index (χ1n) is 8.25. The van der Waals surface area contributed by atoms with E-state index in [-0.39, 0.29) is 11.6 Å². The third kappa shape index (κ3) is 3.09. The molecule has 0 atom stereocenters. The number of halogens is 2. The lowest BCUT2D eigenvalue weighted by molar-refractivity contribution is -0.255. The highest BCUT2D eigenvalue weighted by molar-refractivity contribution is 6.39. The zero-order valence-electron chi connectivity index (χ0n) is 14.0. The van der Waals surface area contributed by atoms with E-state index in [9.17, 15) is 14.7 Å². The van der Waals surface area contributed by atoms with Crippen LogP contribution in [0, 0.1) is 0 Å². The third-order valence-corrected chi connectivity index (χ3v) is 5.08. The van der Waals surface area contributed by atoms with Gasteiger partial charge in [-0.3, -0.25) is 4.79 Å². The molecule has 1 saturated heterocycles. The van der Waals surface area contributed by atoms with Crippen molar-refractivity contribution in [3.8, 4) is 0 Å². The van der Waals surface area contributed by atoms with Crippen molar-refractivity contribution in [1.29, 1.82) is 0 Å². The molecular formula is C20H13Cl2N2O3-. The normalized spacial score (nSPS) is 15.9. The van der Waals surface area contributed by atoms with E-state index in [1.807, 2.05) is 30.3 Å². The number of aromatic amines is 1. The number of rotatable bonds is 3. The van der Waals surface area contributed by atoms with Crippen LogP contribution in [0.2, 0.25) is 10.0 Å². The summed E-state index contributed by atoms with van der Waals surface area (Å²) in [6, 6.07) is 12.4. The molecule has 1 aromatic heterocycles. The number of aromatic nitrogens is 1. The zero-order chi connectivity index (χ0) is 19.1. The molecule has 1 aliphatic heterocycles. The van der Waals surface area contributed by atoms with Gasteiger partial charge in [0.2, 0.25) is 0 Å². The van der Waals surface area contributed by atoms with Gasteiger partial charge in [0.15, 0.2) is 0 Å². The van der Waals surface area contributed by atoms with Crippen molar-refractivity contribution in [3.05, 3.63) is 69.3 Å². The van der Waals surface area contributed by atoms with Crippen LogP contribution in [-0.2, 0) is 4.79 Å². The number of nitrogens with zero attached hydrogens (tertiary/aromatic N) is 1. The molecule has 1 fully saturated rings. The molecule has 3 aromatic rings. The number of hydrogen-bond acceptors (Lipinski definition) is 3. The fraction of sp³-hybridized carbons (Fsp3) is 0.100. The molecule has 1 amide bonds. The second-order valence-corrected chi connectivity index (χ2v) is 7.07. The number of aromatic carboxylic acids is 1. The van der Waals surface area contributed by atoms with Crippen molar-refractivity contribution in [1.82, 2.24) is 4.98 Å². The number of carbonyl (C=O) groups excluding carboxylic acids is 2. The molecule has 27 heavy (non-hydrogen) atoms. The van der Waals surface area contributed by atoms with Gasteiger partial charge in [0.1, 0.15) is 0 Å². The van der Waals surface area contributed by atoms with Crippen LogP contribution in [0.25, 0.3) is 17.0 Å². The molecule has 0 spiro atoms. The molecule has 0 saturated carbocycles. The van der Waals surface area contributed by atoms with Crippen molar-refractivity contribution in [3.63, 3.8) is 0 Å². The van der Waals surface area contributed by atoms with E-state index in [4.69, 9.17) is 23.2 Å². The molecule has 0 unspecified atom stereocenters. The molecule has 0 bridgehead atoms. The Morgan fingerprint density at radius 3 is 2.63 bits per heavy atom. The summed E-state index contributed by atoms with van der Waals surface area (Å²) in [5.41, 5.74) is 1.98. The Morgan fingerprint density at radius 1 is 1.19 bits per heavy atom. The van der Waals surface area contributed by atoms with E-state index >= 15 is 0 Å². The largest absolute Gasteiger partial charge is 0.543 e. The van der Waals surface area contributed by atoms with Crippen LogP contribution in [0.4, 0.5) is 5.69 Å². The third-order valence-electron chi connectivity index (χ3n) is 4.57. The number of benzene rings is 2. The second-order valence-electron chi connectivity index (χ2n) is 6.22. The molecule has 5 nitrogen and oxygen atoms in total. The van der Waals surface area contributed by atoms with Gasteiger partial charge in [-0.25, -0.2) is 0 Å². The second kappa shape index (κ2) is 6.76. The summed E-state index contributed by atoms with van der Waals surface area (Å²) in [7, 11) is 0. The maximum atomic E-state index is 12.8. The number of carboxylic acids is 1. The summed E-state index contributed by atoms with van der Waals surface area (Å²) in [6.45, 7) is 0.525. The lowest BCUT2D eigenvalue weighted by atomic mass is 10.1. The monoisotopic (exact) mass is 399 g/mol. The Balaban J connectivity index is 1.82. The van der Waals surface area contributed by atoms with Gasteiger partial charge in [-0.05, 0) is 36.8 Å². The minimum Gasteiger partial charge on any atom is -0.543 e. The summed E-state index contributed by atoms with van der Waals surface area (Å²) < 4.78 is 0. The Bertz CT molecular complexity index is 1100. The smallest absolute Gasteiger partial charge is 0.254 e. The summed E-state index contributed by atoms with van der Waals surface area (Å²) >= 11 is 12.3. The number of nitrogens with one attached hydrogen (secondary N) is 1. The summed E-state index contributed by atoms with van der Waals surface area (Å²) in [5, 5.41) is 12.8. The van der Waals surface area contributed by atoms with Crippen molar-refractivity contribution in [2.45, 2.75) is 6.42 Å². The first-order valence-corrected chi connectivity index (χ1v) is 9.01. The van der Waals surface area contributed by atoms with Crippen LogP contribution >= 0.6 is 23.2 Å². The number of hydrogen-bond donors (Lipinski definition) is 1. The van der Waals surface area contributed by atoms with E-state index in [1.54, 1.807) is 17.0 Å².